The molecule has 1 heterocycles. The van der Waals surface area contributed by atoms with Crippen LogP contribution in [0.4, 0.5) is 4.79 Å². The standard InChI is InChI=1S/C23H26N2O5/c1-4-28-16-12-13-17(18(14-16)29-5-2)21-19(22(26)30-6-3)20(24-23(27)25-21)15-10-8-7-9-11-15/h7-14,21H,4-6H2,1-3H3,(H2,24,25,27). The first-order valence-corrected chi connectivity index (χ1v) is 10.0. The topological polar surface area (TPSA) is 85.9 Å². The maximum atomic E-state index is 13.0. The predicted molar refractivity (Wildman–Crippen MR) is 113 cm³/mol. The Morgan fingerprint density at radius 2 is 1.70 bits per heavy atom. The number of hydrogen-bond acceptors (Lipinski definition) is 5. The van der Waals surface area contributed by atoms with E-state index < -0.39 is 18.0 Å². The maximum absolute atomic E-state index is 13.0. The summed E-state index contributed by atoms with van der Waals surface area (Å²) in [7, 11) is 0. The average molecular weight is 410 g/mol. The van der Waals surface area contributed by atoms with E-state index in [0.29, 0.717) is 47.1 Å². The van der Waals surface area contributed by atoms with Crippen molar-refractivity contribution in [3.05, 3.63) is 65.2 Å². The summed E-state index contributed by atoms with van der Waals surface area (Å²) in [5, 5.41) is 5.61. The summed E-state index contributed by atoms with van der Waals surface area (Å²) >= 11 is 0. The maximum Gasteiger partial charge on any atom is 0.338 e. The van der Waals surface area contributed by atoms with Gasteiger partial charge in [0.15, 0.2) is 0 Å². The van der Waals surface area contributed by atoms with E-state index >= 15 is 0 Å². The van der Waals surface area contributed by atoms with Gasteiger partial charge in [0.05, 0.1) is 37.1 Å². The highest BCUT2D eigenvalue weighted by molar-refractivity contribution is 6.04. The minimum Gasteiger partial charge on any atom is -0.494 e. The number of esters is 1. The van der Waals surface area contributed by atoms with Crippen molar-refractivity contribution in [1.29, 1.82) is 0 Å². The lowest BCUT2D eigenvalue weighted by Gasteiger charge is -2.30. The van der Waals surface area contributed by atoms with Gasteiger partial charge in [-0.2, -0.15) is 0 Å². The van der Waals surface area contributed by atoms with Gasteiger partial charge < -0.3 is 24.8 Å². The number of benzene rings is 2. The Kier molecular flexibility index (Phi) is 6.95. The Morgan fingerprint density at radius 3 is 2.37 bits per heavy atom. The van der Waals surface area contributed by atoms with Gasteiger partial charge in [-0.3, -0.25) is 0 Å². The molecule has 7 heteroatoms. The van der Waals surface area contributed by atoms with E-state index in [9.17, 15) is 9.59 Å². The van der Waals surface area contributed by atoms with Crippen LogP contribution < -0.4 is 20.1 Å². The lowest BCUT2D eigenvalue weighted by Crippen LogP contribution is -2.45. The van der Waals surface area contributed by atoms with Crippen LogP contribution >= 0.6 is 0 Å². The van der Waals surface area contributed by atoms with Crippen LogP contribution in [0.5, 0.6) is 11.5 Å². The third-order valence-corrected chi connectivity index (χ3v) is 4.54. The van der Waals surface area contributed by atoms with E-state index in [1.165, 1.54) is 0 Å². The number of nitrogens with one attached hydrogen (secondary N) is 2. The van der Waals surface area contributed by atoms with Crippen molar-refractivity contribution in [2.75, 3.05) is 19.8 Å². The Bertz CT molecular complexity index is 940. The molecule has 30 heavy (non-hydrogen) atoms. The van der Waals surface area contributed by atoms with Crippen LogP contribution in [-0.4, -0.2) is 31.8 Å². The first kappa shape index (κ1) is 21.2. The Labute approximate surface area is 176 Å². The molecule has 1 aliphatic heterocycles. The molecular formula is C23H26N2O5. The SMILES string of the molecule is CCOC(=O)C1=C(c2ccccc2)NC(=O)NC1c1ccc(OCC)cc1OCC. The van der Waals surface area contributed by atoms with Gasteiger partial charge in [-0.1, -0.05) is 30.3 Å². The quantitative estimate of drug-likeness (QED) is 0.647. The molecule has 2 N–H and O–H groups in total. The number of hydrogen-bond donors (Lipinski definition) is 2. The van der Waals surface area contributed by atoms with Gasteiger partial charge in [-0.05, 0) is 38.5 Å². The lowest BCUT2D eigenvalue weighted by molar-refractivity contribution is -0.138. The molecule has 0 aliphatic carbocycles. The molecule has 1 unspecified atom stereocenters. The predicted octanol–water partition coefficient (Wildman–Crippen LogP) is 3.81. The van der Waals surface area contributed by atoms with Crippen molar-refractivity contribution in [3.8, 4) is 11.5 Å². The monoisotopic (exact) mass is 410 g/mol. The van der Waals surface area contributed by atoms with Crippen LogP contribution in [-0.2, 0) is 9.53 Å². The van der Waals surface area contributed by atoms with Crippen LogP contribution in [0.2, 0.25) is 0 Å². The van der Waals surface area contributed by atoms with Crippen LogP contribution in [0.15, 0.2) is 54.1 Å². The van der Waals surface area contributed by atoms with Crippen LogP contribution in [0.3, 0.4) is 0 Å². The zero-order valence-electron chi connectivity index (χ0n) is 17.4. The Hall–Kier alpha value is -3.48. The largest absolute Gasteiger partial charge is 0.494 e. The highest BCUT2D eigenvalue weighted by Gasteiger charge is 2.36. The second-order valence-corrected chi connectivity index (χ2v) is 6.47. The average Bonchev–Trinajstić information content (AvgIpc) is 2.74. The fraction of sp³-hybridized carbons (Fsp3) is 0.304. The van der Waals surface area contributed by atoms with Gasteiger partial charge in [0.25, 0.3) is 0 Å². The summed E-state index contributed by atoms with van der Waals surface area (Å²) in [4.78, 5) is 25.5. The number of carbonyl (C=O) groups excluding carboxylic acids is 2. The summed E-state index contributed by atoms with van der Waals surface area (Å²) in [6.45, 7) is 6.66. The van der Waals surface area contributed by atoms with E-state index in [1.54, 1.807) is 25.1 Å². The van der Waals surface area contributed by atoms with E-state index in [1.807, 2.05) is 44.2 Å². The van der Waals surface area contributed by atoms with Crippen molar-refractivity contribution >= 4 is 17.7 Å². The van der Waals surface area contributed by atoms with E-state index in [4.69, 9.17) is 14.2 Å². The third kappa shape index (κ3) is 4.56. The summed E-state index contributed by atoms with van der Waals surface area (Å²) in [6, 6.07) is 13.4. The molecule has 0 fully saturated rings. The van der Waals surface area contributed by atoms with E-state index in [2.05, 4.69) is 10.6 Å². The summed E-state index contributed by atoms with van der Waals surface area (Å²) in [5.74, 6) is 0.671. The summed E-state index contributed by atoms with van der Waals surface area (Å²) in [5.41, 5.74) is 2.09. The molecule has 3 rings (SSSR count). The lowest BCUT2D eigenvalue weighted by atomic mass is 9.92. The minimum atomic E-state index is -0.745. The molecule has 1 aliphatic rings. The zero-order valence-corrected chi connectivity index (χ0v) is 17.4. The Balaban J connectivity index is 2.18. The van der Waals surface area contributed by atoms with Crippen LogP contribution in [0.1, 0.15) is 37.9 Å². The number of rotatable bonds is 8. The highest BCUT2D eigenvalue weighted by atomic mass is 16.5. The smallest absolute Gasteiger partial charge is 0.338 e. The third-order valence-electron chi connectivity index (χ3n) is 4.54. The molecule has 0 saturated heterocycles. The molecule has 1 atom stereocenters. The second kappa shape index (κ2) is 9.82. The molecule has 0 bridgehead atoms. The fourth-order valence-corrected chi connectivity index (χ4v) is 3.35. The van der Waals surface area contributed by atoms with Gasteiger partial charge in [0.2, 0.25) is 0 Å². The molecular weight excluding hydrogens is 384 g/mol. The number of urea groups is 1. The van der Waals surface area contributed by atoms with E-state index in [-0.39, 0.29) is 6.61 Å². The van der Waals surface area contributed by atoms with Crippen LogP contribution in [0, 0.1) is 0 Å². The highest BCUT2D eigenvalue weighted by Crippen LogP contribution is 2.38. The Morgan fingerprint density at radius 1 is 0.967 bits per heavy atom. The van der Waals surface area contributed by atoms with Crippen LogP contribution in [0.25, 0.3) is 5.70 Å². The van der Waals surface area contributed by atoms with Gasteiger partial charge in [0.1, 0.15) is 11.5 Å². The summed E-state index contributed by atoms with van der Waals surface area (Å²) < 4.78 is 16.7. The normalized spacial score (nSPS) is 15.8. The first-order chi connectivity index (χ1) is 14.6. The van der Waals surface area contributed by atoms with Crippen molar-refractivity contribution in [1.82, 2.24) is 10.6 Å². The first-order valence-electron chi connectivity index (χ1n) is 10.0. The van der Waals surface area contributed by atoms with Gasteiger partial charge in [-0.15, -0.1) is 0 Å². The van der Waals surface area contributed by atoms with Gasteiger partial charge in [0, 0.05) is 11.6 Å². The zero-order chi connectivity index (χ0) is 21.5. The molecule has 0 aromatic heterocycles. The van der Waals surface area contributed by atoms with E-state index in [0.717, 1.165) is 0 Å². The molecule has 2 aromatic carbocycles. The molecule has 0 spiro atoms. The number of ether oxygens (including phenoxy) is 3. The molecule has 7 nitrogen and oxygen atoms in total. The number of amides is 2. The molecule has 158 valence electrons. The molecule has 0 saturated carbocycles. The van der Waals surface area contributed by atoms with Gasteiger partial charge in [-0.25, -0.2) is 9.59 Å². The van der Waals surface area contributed by atoms with Crippen molar-refractivity contribution in [2.24, 2.45) is 0 Å². The second-order valence-electron chi connectivity index (χ2n) is 6.47. The van der Waals surface area contributed by atoms with Crippen molar-refractivity contribution < 1.29 is 23.8 Å². The number of carbonyl (C=O) groups is 2. The molecule has 2 amide bonds. The molecule has 0 radical (unpaired) electrons. The summed E-state index contributed by atoms with van der Waals surface area (Å²) in [6.07, 6.45) is 0. The van der Waals surface area contributed by atoms with Crippen molar-refractivity contribution in [2.45, 2.75) is 26.8 Å². The molecule has 2 aromatic rings. The van der Waals surface area contributed by atoms with Crippen molar-refractivity contribution in [3.63, 3.8) is 0 Å². The fourth-order valence-electron chi connectivity index (χ4n) is 3.35. The minimum absolute atomic E-state index is 0.215. The van der Waals surface area contributed by atoms with Gasteiger partial charge >= 0.3 is 12.0 Å².